The maximum absolute atomic E-state index is 11.1. The van der Waals surface area contributed by atoms with E-state index in [1.165, 1.54) is 18.5 Å². The fourth-order valence-electron chi connectivity index (χ4n) is 1.73. The number of pyridine rings is 1. The Labute approximate surface area is 112 Å². The molecule has 0 amide bonds. The Bertz CT molecular complexity index is 799. The van der Waals surface area contributed by atoms with E-state index in [1.54, 1.807) is 23.6 Å². The number of hydrogen-bond donors (Lipinski definition) is 1. The van der Waals surface area contributed by atoms with Gasteiger partial charge in [-0.15, -0.1) is 10.2 Å². The Morgan fingerprint density at radius 1 is 1.30 bits per heavy atom. The number of ether oxygens (including phenoxy) is 1. The molecule has 0 fully saturated rings. The van der Waals surface area contributed by atoms with Gasteiger partial charge in [0.15, 0.2) is 11.4 Å². The number of aromatic carboxylic acids is 1. The first-order valence-electron chi connectivity index (χ1n) is 5.69. The summed E-state index contributed by atoms with van der Waals surface area (Å²) >= 11 is 0. The molecule has 0 saturated heterocycles. The van der Waals surface area contributed by atoms with Crippen molar-refractivity contribution in [2.45, 2.75) is 6.92 Å². The number of rotatable bonds is 3. The normalized spacial score (nSPS) is 10.7. The topological polar surface area (TPSA) is 102 Å². The number of nitrogens with zero attached hydrogens (tertiary/aromatic N) is 5. The van der Waals surface area contributed by atoms with Gasteiger partial charge in [-0.25, -0.2) is 14.8 Å². The molecule has 0 saturated carbocycles. The molecular formula is C12H9N5O3. The summed E-state index contributed by atoms with van der Waals surface area (Å²) < 4.78 is 7.21. The molecular weight excluding hydrogens is 262 g/mol. The minimum absolute atomic E-state index is 0.0984. The average molecular weight is 271 g/mol. The first kappa shape index (κ1) is 12.0. The van der Waals surface area contributed by atoms with Gasteiger partial charge in [0.2, 0.25) is 5.65 Å². The van der Waals surface area contributed by atoms with E-state index in [1.807, 2.05) is 0 Å². The van der Waals surface area contributed by atoms with Crippen LogP contribution < -0.4 is 4.74 Å². The van der Waals surface area contributed by atoms with Gasteiger partial charge in [0, 0.05) is 18.6 Å². The molecule has 0 aliphatic rings. The molecule has 0 aliphatic carbocycles. The Morgan fingerprint density at radius 2 is 2.15 bits per heavy atom. The molecule has 0 unspecified atom stereocenters. The van der Waals surface area contributed by atoms with Gasteiger partial charge >= 0.3 is 5.97 Å². The van der Waals surface area contributed by atoms with Gasteiger partial charge in [0.25, 0.3) is 5.88 Å². The molecule has 3 aromatic rings. The van der Waals surface area contributed by atoms with Crippen molar-refractivity contribution >= 4 is 11.6 Å². The van der Waals surface area contributed by atoms with E-state index in [9.17, 15) is 4.79 Å². The number of aryl methyl sites for hydroxylation is 1. The Kier molecular flexibility index (Phi) is 2.75. The second kappa shape index (κ2) is 4.57. The molecule has 20 heavy (non-hydrogen) atoms. The third kappa shape index (κ3) is 1.92. The molecule has 8 nitrogen and oxygen atoms in total. The molecule has 100 valence electrons. The lowest BCUT2D eigenvalue weighted by atomic mass is 10.3. The summed E-state index contributed by atoms with van der Waals surface area (Å²) in [6, 6.07) is 3.09. The third-order valence-electron chi connectivity index (χ3n) is 2.64. The van der Waals surface area contributed by atoms with Crippen molar-refractivity contribution in [3.63, 3.8) is 0 Å². The quantitative estimate of drug-likeness (QED) is 0.766. The first-order chi connectivity index (χ1) is 9.66. The van der Waals surface area contributed by atoms with E-state index >= 15 is 0 Å². The molecule has 1 N–H and O–H groups in total. The molecule has 0 spiro atoms. The standard InChI is InChI=1S/C12H9N5O3/c1-7-15-16-10-11(14-5-6-17(7)10)20-8-3-2-4-13-9(8)12(18)19/h2-6H,1H3,(H,18,19). The van der Waals surface area contributed by atoms with Crippen molar-refractivity contribution in [2.75, 3.05) is 0 Å². The SMILES string of the molecule is Cc1nnc2c(Oc3cccnc3C(=O)O)nccn12. The highest BCUT2D eigenvalue weighted by atomic mass is 16.5. The van der Waals surface area contributed by atoms with Crippen LogP contribution in [-0.2, 0) is 0 Å². The van der Waals surface area contributed by atoms with Crippen LogP contribution in [0.5, 0.6) is 11.6 Å². The van der Waals surface area contributed by atoms with E-state index in [2.05, 4.69) is 20.2 Å². The molecule has 0 radical (unpaired) electrons. The molecule has 8 heteroatoms. The van der Waals surface area contributed by atoms with E-state index in [4.69, 9.17) is 9.84 Å². The smallest absolute Gasteiger partial charge is 0.358 e. The van der Waals surface area contributed by atoms with Gasteiger partial charge in [-0.05, 0) is 19.1 Å². The molecule has 0 aliphatic heterocycles. The molecule has 3 aromatic heterocycles. The molecule has 3 heterocycles. The van der Waals surface area contributed by atoms with Crippen molar-refractivity contribution in [3.05, 3.63) is 42.2 Å². The second-order valence-corrected chi connectivity index (χ2v) is 3.93. The number of aromatic nitrogens is 5. The van der Waals surface area contributed by atoms with E-state index in [-0.39, 0.29) is 17.3 Å². The zero-order chi connectivity index (χ0) is 14.1. The van der Waals surface area contributed by atoms with Crippen molar-refractivity contribution in [2.24, 2.45) is 0 Å². The van der Waals surface area contributed by atoms with Crippen LogP contribution in [-0.4, -0.2) is 35.6 Å². The second-order valence-electron chi connectivity index (χ2n) is 3.93. The summed E-state index contributed by atoms with van der Waals surface area (Å²) in [4.78, 5) is 18.9. The van der Waals surface area contributed by atoms with Gasteiger partial charge in [-0.2, -0.15) is 0 Å². The average Bonchev–Trinajstić information content (AvgIpc) is 2.82. The lowest BCUT2D eigenvalue weighted by Crippen LogP contribution is -2.04. The number of carboxylic acids is 1. The Balaban J connectivity index is 2.08. The van der Waals surface area contributed by atoms with Gasteiger partial charge < -0.3 is 9.84 Å². The predicted octanol–water partition coefficient (Wildman–Crippen LogP) is 1.32. The summed E-state index contributed by atoms with van der Waals surface area (Å²) in [5.41, 5.74) is 0.220. The van der Waals surface area contributed by atoms with Crippen molar-refractivity contribution in [3.8, 4) is 11.6 Å². The maximum atomic E-state index is 11.1. The number of hydrogen-bond acceptors (Lipinski definition) is 6. The van der Waals surface area contributed by atoms with Crippen LogP contribution in [0.15, 0.2) is 30.7 Å². The first-order valence-corrected chi connectivity index (χ1v) is 5.69. The van der Waals surface area contributed by atoms with Crippen molar-refractivity contribution < 1.29 is 14.6 Å². The molecule has 0 atom stereocenters. The fraction of sp³-hybridized carbons (Fsp3) is 0.0833. The minimum atomic E-state index is -1.18. The van der Waals surface area contributed by atoms with Crippen LogP contribution in [0, 0.1) is 6.92 Å². The molecule has 3 rings (SSSR count). The summed E-state index contributed by atoms with van der Waals surface area (Å²) in [7, 11) is 0. The van der Waals surface area contributed by atoms with E-state index in [0.29, 0.717) is 11.5 Å². The van der Waals surface area contributed by atoms with Gasteiger partial charge in [-0.3, -0.25) is 4.40 Å². The summed E-state index contributed by atoms with van der Waals surface area (Å²) in [6.45, 7) is 1.79. The Hall–Kier alpha value is -3.03. The van der Waals surface area contributed by atoms with Crippen LogP contribution in [0.25, 0.3) is 5.65 Å². The highest BCUT2D eigenvalue weighted by molar-refractivity contribution is 5.88. The monoisotopic (exact) mass is 271 g/mol. The van der Waals surface area contributed by atoms with Crippen molar-refractivity contribution in [1.29, 1.82) is 0 Å². The molecule has 0 aromatic carbocycles. The van der Waals surface area contributed by atoms with Crippen LogP contribution >= 0.6 is 0 Å². The Morgan fingerprint density at radius 3 is 2.95 bits per heavy atom. The lowest BCUT2D eigenvalue weighted by Gasteiger charge is -2.07. The van der Waals surface area contributed by atoms with Gasteiger partial charge in [0.05, 0.1) is 0 Å². The summed E-state index contributed by atoms with van der Waals surface area (Å²) in [5, 5.41) is 16.9. The predicted molar refractivity (Wildman–Crippen MR) is 66.8 cm³/mol. The number of fused-ring (bicyclic) bond motifs is 1. The zero-order valence-corrected chi connectivity index (χ0v) is 10.4. The van der Waals surface area contributed by atoms with Crippen LogP contribution in [0.4, 0.5) is 0 Å². The fourth-order valence-corrected chi connectivity index (χ4v) is 1.73. The highest BCUT2D eigenvalue weighted by Gasteiger charge is 2.16. The summed E-state index contributed by atoms with van der Waals surface area (Å²) in [5.74, 6) is -0.230. The van der Waals surface area contributed by atoms with E-state index in [0.717, 1.165) is 0 Å². The van der Waals surface area contributed by atoms with Crippen LogP contribution in [0.1, 0.15) is 16.3 Å². The largest absolute Gasteiger partial charge is 0.476 e. The van der Waals surface area contributed by atoms with Gasteiger partial charge in [-0.1, -0.05) is 0 Å². The van der Waals surface area contributed by atoms with Crippen molar-refractivity contribution in [1.82, 2.24) is 24.6 Å². The third-order valence-corrected chi connectivity index (χ3v) is 2.64. The molecule has 0 bridgehead atoms. The number of carbonyl (C=O) groups is 1. The van der Waals surface area contributed by atoms with Crippen LogP contribution in [0.3, 0.4) is 0 Å². The lowest BCUT2D eigenvalue weighted by molar-refractivity contribution is 0.0687. The van der Waals surface area contributed by atoms with Crippen LogP contribution in [0.2, 0.25) is 0 Å². The minimum Gasteiger partial charge on any atom is -0.476 e. The summed E-state index contributed by atoms with van der Waals surface area (Å²) in [6.07, 6.45) is 4.60. The zero-order valence-electron chi connectivity index (χ0n) is 10.4. The number of carboxylic acid groups (broad SMARTS) is 1. The maximum Gasteiger partial charge on any atom is 0.358 e. The highest BCUT2D eigenvalue weighted by Crippen LogP contribution is 2.25. The van der Waals surface area contributed by atoms with Gasteiger partial charge in [0.1, 0.15) is 5.82 Å². The van der Waals surface area contributed by atoms with E-state index < -0.39 is 5.97 Å².